The number of Topliss-reactive ketones (excluding diaryl/α,β-unsaturated/α-hetero) is 1. The number of hydrogen-bond acceptors (Lipinski definition) is 5. The Morgan fingerprint density at radius 1 is 1.03 bits per heavy atom. The number of benzene rings is 2. The van der Waals surface area contributed by atoms with Crippen LogP contribution in [-0.2, 0) is 9.59 Å². The molecule has 1 aliphatic heterocycles. The zero-order valence-corrected chi connectivity index (χ0v) is 17.7. The molecule has 0 aliphatic carbocycles. The van der Waals surface area contributed by atoms with Gasteiger partial charge in [0.25, 0.3) is 11.7 Å². The number of aliphatic hydroxyl groups excluding tert-OH is 1. The molecule has 0 spiro atoms. The van der Waals surface area contributed by atoms with Crippen LogP contribution in [0.1, 0.15) is 17.2 Å². The highest BCUT2D eigenvalue weighted by atomic mass is 35.5. The van der Waals surface area contributed by atoms with Gasteiger partial charge in [0.1, 0.15) is 5.76 Å². The normalized spacial score (nSPS) is 17.8. The Balaban J connectivity index is 1.91. The number of carbonyl (C=O) groups excluding carboxylic acids is 2. The number of aromatic nitrogens is 1. The molecule has 3 aromatic rings. The molecule has 7 heteroatoms. The van der Waals surface area contributed by atoms with E-state index >= 15 is 0 Å². The number of aliphatic hydroxyl groups is 1. The van der Waals surface area contributed by atoms with Gasteiger partial charge in [0.15, 0.2) is 0 Å². The summed E-state index contributed by atoms with van der Waals surface area (Å²) in [5, 5.41) is 11.6. The monoisotopic (exact) mass is 433 g/mol. The van der Waals surface area contributed by atoms with Gasteiger partial charge in [0, 0.05) is 36.6 Å². The minimum atomic E-state index is -0.795. The van der Waals surface area contributed by atoms with Crippen LogP contribution in [0.3, 0.4) is 0 Å². The van der Waals surface area contributed by atoms with Gasteiger partial charge in [-0.3, -0.25) is 19.5 Å². The molecule has 0 radical (unpaired) electrons. The summed E-state index contributed by atoms with van der Waals surface area (Å²) in [4.78, 5) is 33.5. The Kier molecular flexibility index (Phi) is 5.48. The molecular formula is C24H20ClN3O3. The second-order valence-corrected chi connectivity index (χ2v) is 7.81. The van der Waals surface area contributed by atoms with Crippen molar-refractivity contribution in [3.8, 4) is 0 Å². The van der Waals surface area contributed by atoms with Crippen molar-refractivity contribution < 1.29 is 14.7 Å². The zero-order chi connectivity index (χ0) is 22.1. The van der Waals surface area contributed by atoms with Crippen molar-refractivity contribution in [3.05, 3.63) is 94.8 Å². The molecule has 1 saturated heterocycles. The lowest BCUT2D eigenvalue weighted by Crippen LogP contribution is -2.29. The Hall–Kier alpha value is -3.64. The third-order valence-corrected chi connectivity index (χ3v) is 5.46. The second-order valence-electron chi connectivity index (χ2n) is 7.37. The number of rotatable bonds is 4. The minimum Gasteiger partial charge on any atom is -0.507 e. The molecule has 1 amide bonds. The van der Waals surface area contributed by atoms with Crippen molar-refractivity contribution in [3.63, 3.8) is 0 Å². The van der Waals surface area contributed by atoms with E-state index < -0.39 is 17.7 Å². The summed E-state index contributed by atoms with van der Waals surface area (Å²) < 4.78 is 0. The van der Waals surface area contributed by atoms with E-state index in [9.17, 15) is 14.7 Å². The molecule has 1 fully saturated rings. The third-order valence-electron chi connectivity index (χ3n) is 5.21. The van der Waals surface area contributed by atoms with Crippen molar-refractivity contribution in [2.45, 2.75) is 6.04 Å². The number of carbonyl (C=O) groups is 2. The van der Waals surface area contributed by atoms with E-state index in [2.05, 4.69) is 4.98 Å². The number of amides is 1. The molecule has 0 saturated carbocycles. The van der Waals surface area contributed by atoms with Crippen molar-refractivity contribution in [2.24, 2.45) is 0 Å². The highest BCUT2D eigenvalue weighted by molar-refractivity contribution is 6.51. The van der Waals surface area contributed by atoms with Crippen molar-refractivity contribution >= 4 is 40.4 Å². The molecule has 156 valence electrons. The fourth-order valence-electron chi connectivity index (χ4n) is 3.63. The average Bonchev–Trinajstić information content (AvgIpc) is 3.05. The number of pyridine rings is 1. The molecule has 0 bridgehead atoms. The lowest BCUT2D eigenvalue weighted by Gasteiger charge is -2.25. The van der Waals surface area contributed by atoms with Crippen LogP contribution in [0.2, 0.25) is 5.02 Å². The summed E-state index contributed by atoms with van der Waals surface area (Å²) in [7, 11) is 3.86. The first kappa shape index (κ1) is 20.6. The third kappa shape index (κ3) is 3.78. The Morgan fingerprint density at radius 2 is 1.71 bits per heavy atom. The van der Waals surface area contributed by atoms with Crippen LogP contribution in [0, 0.1) is 0 Å². The molecule has 1 aliphatic rings. The van der Waals surface area contributed by atoms with Crippen LogP contribution >= 0.6 is 11.6 Å². The molecule has 6 nitrogen and oxygen atoms in total. The van der Waals surface area contributed by atoms with E-state index in [1.165, 1.54) is 11.1 Å². The SMILES string of the molecule is CN(C)c1ccc([C@H]2C(=C(O)c3ccc(Cl)cc3)C(=O)C(=O)N2c2cccnc2)cc1. The lowest BCUT2D eigenvalue weighted by atomic mass is 9.95. The quantitative estimate of drug-likeness (QED) is 0.374. The average molecular weight is 434 g/mol. The van der Waals surface area contributed by atoms with E-state index in [0.29, 0.717) is 21.8 Å². The summed E-state index contributed by atoms with van der Waals surface area (Å²) in [6.07, 6.45) is 3.11. The molecule has 1 atom stereocenters. The smallest absolute Gasteiger partial charge is 0.300 e. The van der Waals surface area contributed by atoms with Crippen molar-refractivity contribution in [1.29, 1.82) is 0 Å². The van der Waals surface area contributed by atoms with Gasteiger partial charge in [-0.1, -0.05) is 23.7 Å². The number of nitrogens with zero attached hydrogens (tertiary/aromatic N) is 3. The van der Waals surface area contributed by atoms with Gasteiger partial charge in [-0.2, -0.15) is 0 Å². The first-order valence-corrected chi connectivity index (χ1v) is 10.0. The predicted molar refractivity (Wildman–Crippen MR) is 121 cm³/mol. The first-order valence-electron chi connectivity index (χ1n) is 9.62. The summed E-state index contributed by atoms with van der Waals surface area (Å²) in [6.45, 7) is 0. The number of hydrogen-bond donors (Lipinski definition) is 1. The molecule has 1 aromatic heterocycles. The Morgan fingerprint density at radius 3 is 2.29 bits per heavy atom. The Labute approximate surface area is 185 Å². The summed E-state index contributed by atoms with van der Waals surface area (Å²) in [5.41, 5.74) is 2.57. The highest BCUT2D eigenvalue weighted by Crippen LogP contribution is 2.42. The van der Waals surface area contributed by atoms with Crippen LogP contribution < -0.4 is 9.80 Å². The van der Waals surface area contributed by atoms with Gasteiger partial charge in [-0.25, -0.2) is 0 Å². The van der Waals surface area contributed by atoms with Gasteiger partial charge in [0.2, 0.25) is 0 Å². The standard InChI is InChI=1S/C24H20ClN3O3/c1-27(2)18-11-7-15(8-12-18)21-20(22(29)16-5-9-17(25)10-6-16)23(30)24(31)28(21)19-4-3-13-26-14-19/h3-14,21,29H,1-2H3/t21-/m0/s1. The zero-order valence-electron chi connectivity index (χ0n) is 17.0. The van der Waals surface area contributed by atoms with Gasteiger partial charge >= 0.3 is 0 Å². The molecule has 2 heterocycles. The highest BCUT2D eigenvalue weighted by Gasteiger charge is 2.47. The van der Waals surface area contributed by atoms with Crippen molar-refractivity contribution in [2.75, 3.05) is 23.9 Å². The van der Waals surface area contributed by atoms with Crippen LogP contribution in [0.15, 0.2) is 78.6 Å². The largest absolute Gasteiger partial charge is 0.507 e. The van der Waals surface area contributed by atoms with E-state index in [0.717, 1.165) is 5.69 Å². The van der Waals surface area contributed by atoms with Gasteiger partial charge in [-0.05, 0) is 54.1 Å². The maximum atomic E-state index is 13.1. The van der Waals surface area contributed by atoms with E-state index in [1.807, 2.05) is 43.3 Å². The number of anilines is 2. The van der Waals surface area contributed by atoms with Crippen LogP contribution in [-0.4, -0.2) is 35.9 Å². The van der Waals surface area contributed by atoms with Crippen LogP contribution in [0.25, 0.3) is 5.76 Å². The van der Waals surface area contributed by atoms with Gasteiger partial charge < -0.3 is 10.0 Å². The minimum absolute atomic E-state index is 0.0220. The summed E-state index contributed by atoms with van der Waals surface area (Å²) in [6, 6.07) is 16.6. The maximum Gasteiger partial charge on any atom is 0.300 e. The fraction of sp³-hybridized carbons (Fsp3) is 0.125. The molecule has 4 rings (SSSR count). The molecule has 31 heavy (non-hydrogen) atoms. The number of ketones is 1. The summed E-state index contributed by atoms with van der Waals surface area (Å²) in [5.74, 6) is -1.72. The number of halogens is 1. The lowest BCUT2D eigenvalue weighted by molar-refractivity contribution is -0.132. The van der Waals surface area contributed by atoms with Crippen LogP contribution in [0.4, 0.5) is 11.4 Å². The molecule has 1 N–H and O–H groups in total. The molecule has 0 unspecified atom stereocenters. The van der Waals surface area contributed by atoms with Crippen molar-refractivity contribution in [1.82, 2.24) is 4.98 Å². The Bertz CT molecular complexity index is 1160. The molecular weight excluding hydrogens is 414 g/mol. The predicted octanol–water partition coefficient (Wildman–Crippen LogP) is 4.43. The van der Waals surface area contributed by atoms with Crippen LogP contribution in [0.5, 0.6) is 0 Å². The van der Waals surface area contributed by atoms with E-state index in [1.54, 1.807) is 42.6 Å². The summed E-state index contributed by atoms with van der Waals surface area (Å²) >= 11 is 5.96. The fourth-order valence-corrected chi connectivity index (χ4v) is 3.75. The second kappa shape index (κ2) is 8.24. The van der Waals surface area contributed by atoms with E-state index in [4.69, 9.17) is 11.6 Å². The first-order chi connectivity index (χ1) is 14.9. The van der Waals surface area contributed by atoms with Gasteiger partial charge in [0.05, 0.1) is 23.5 Å². The maximum absolute atomic E-state index is 13.1. The van der Waals surface area contributed by atoms with Gasteiger partial charge in [-0.15, -0.1) is 0 Å². The molecule has 2 aromatic carbocycles. The topological polar surface area (TPSA) is 73.7 Å². The van der Waals surface area contributed by atoms with E-state index in [-0.39, 0.29) is 11.3 Å².